The third-order valence-corrected chi connectivity index (χ3v) is 6.04. The fourth-order valence-corrected chi connectivity index (χ4v) is 4.09. The molecular formula is C25H24ClN5O2. The summed E-state index contributed by atoms with van der Waals surface area (Å²) in [6, 6.07) is 20.6. The number of piperazine rings is 1. The van der Waals surface area contributed by atoms with Crippen LogP contribution in [-0.4, -0.2) is 53.8 Å². The van der Waals surface area contributed by atoms with Gasteiger partial charge in [0.2, 0.25) is 0 Å². The molecule has 4 aromatic rings. The minimum Gasteiger partial charge on any atom is -0.463 e. The van der Waals surface area contributed by atoms with Gasteiger partial charge in [0.1, 0.15) is 5.69 Å². The second-order valence-electron chi connectivity index (χ2n) is 8.04. The van der Waals surface area contributed by atoms with Gasteiger partial charge in [-0.2, -0.15) is 5.10 Å². The molecule has 1 aliphatic rings. The third kappa shape index (κ3) is 4.51. The van der Waals surface area contributed by atoms with E-state index in [1.54, 1.807) is 35.2 Å². The first-order valence-electron chi connectivity index (χ1n) is 10.8. The Kier molecular flexibility index (Phi) is 5.90. The summed E-state index contributed by atoms with van der Waals surface area (Å²) in [4.78, 5) is 17.9. The van der Waals surface area contributed by atoms with E-state index >= 15 is 0 Å². The quantitative estimate of drug-likeness (QED) is 0.463. The molecule has 0 spiro atoms. The average molecular weight is 462 g/mol. The standard InChI is InChI=1S/C25H24ClN5O2/c1-29-12-14-30(15-13-29)22-6-3-2-5-20(22)27-25(32)21-17-23(24-7-4-16-33-24)31(28-21)19-10-8-18(26)9-11-19/h2-11,16-17H,12-15H2,1H3,(H,27,32). The predicted molar refractivity (Wildman–Crippen MR) is 130 cm³/mol. The first-order valence-corrected chi connectivity index (χ1v) is 11.2. The van der Waals surface area contributed by atoms with Gasteiger partial charge in [-0.15, -0.1) is 0 Å². The van der Waals surface area contributed by atoms with E-state index in [9.17, 15) is 4.79 Å². The predicted octanol–water partition coefficient (Wildman–Crippen LogP) is 4.79. The summed E-state index contributed by atoms with van der Waals surface area (Å²) in [5.41, 5.74) is 3.54. The maximum Gasteiger partial charge on any atom is 0.276 e. The van der Waals surface area contributed by atoms with Gasteiger partial charge in [-0.1, -0.05) is 23.7 Å². The summed E-state index contributed by atoms with van der Waals surface area (Å²) in [5, 5.41) is 8.28. The van der Waals surface area contributed by atoms with Gasteiger partial charge in [0.25, 0.3) is 5.91 Å². The summed E-state index contributed by atoms with van der Waals surface area (Å²) < 4.78 is 7.29. The number of nitrogens with one attached hydrogen (secondary N) is 1. The maximum atomic E-state index is 13.3. The largest absolute Gasteiger partial charge is 0.463 e. The van der Waals surface area contributed by atoms with Crippen LogP contribution in [0.15, 0.2) is 77.4 Å². The number of aromatic nitrogens is 2. The molecule has 0 atom stereocenters. The smallest absolute Gasteiger partial charge is 0.276 e. The Hall–Kier alpha value is -3.55. The summed E-state index contributed by atoms with van der Waals surface area (Å²) in [6.45, 7) is 3.80. The second-order valence-corrected chi connectivity index (χ2v) is 8.48. The summed E-state index contributed by atoms with van der Waals surface area (Å²) in [7, 11) is 2.12. The van der Waals surface area contributed by atoms with E-state index in [-0.39, 0.29) is 5.91 Å². The molecular weight excluding hydrogens is 438 g/mol. The number of halogens is 1. The van der Waals surface area contributed by atoms with Crippen LogP contribution in [0.25, 0.3) is 17.1 Å². The second kappa shape index (κ2) is 9.13. The minimum absolute atomic E-state index is 0.280. The van der Waals surface area contributed by atoms with E-state index in [0.29, 0.717) is 22.2 Å². The zero-order valence-corrected chi connectivity index (χ0v) is 19.0. The molecule has 7 nitrogen and oxygen atoms in total. The molecule has 1 amide bonds. The number of para-hydroxylation sites is 2. The van der Waals surface area contributed by atoms with Crippen molar-refractivity contribution in [2.75, 3.05) is 43.4 Å². The van der Waals surface area contributed by atoms with Crippen LogP contribution in [0.5, 0.6) is 0 Å². The molecule has 1 aliphatic heterocycles. The van der Waals surface area contributed by atoms with Crippen molar-refractivity contribution in [2.45, 2.75) is 0 Å². The fourth-order valence-electron chi connectivity index (χ4n) is 3.96. The van der Waals surface area contributed by atoms with Crippen molar-refractivity contribution in [1.82, 2.24) is 14.7 Å². The molecule has 0 bridgehead atoms. The Morgan fingerprint density at radius 1 is 1.00 bits per heavy atom. The van der Waals surface area contributed by atoms with Crippen molar-refractivity contribution in [3.8, 4) is 17.1 Å². The lowest BCUT2D eigenvalue weighted by molar-refractivity contribution is 0.102. The molecule has 2 aromatic carbocycles. The lowest BCUT2D eigenvalue weighted by Crippen LogP contribution is -2.44. The average Bonchev–Trinajstić information content (AvgIpc) is 3.51. The summed E-state index contributed by atoms with van der Waals surface area (Å²) in [5.74, 6) is 0.339. The molecule has 0 aliphatic carbocycles. The van der Waals surface area contributed by atoms with E-state index < -0.39 is 0 Å². The van der Waals surface area contributed by atoms with Crippen LogP contribution in [0.1, 0.15) is 10.5 Å². The number of amides is 1. The summed E-state index contributed by atoms with van der Waals surface area (Å²) in [6.07, 6.45) is 1.60. The topological polar surface area (TPSA) is 66.5 Å². The Morgan fingerprint density at radius 2 is 1.76 bits per heavy atom. The lowest BCUT2D eigenvalue weighted by atomic mass is 10.2. The van der Waals surface area contributed by atoms with Crippen LogP contribution in [-0.2, 0) is 0 Å². The van der Waals surface area contributed by atoms with Gasteiger partial charge in [0.05, 0.1) is 23.3 Å². The molecule has 1 N–H and O–H groups in total. The van der Waals surface area contributed by atoms with Crippen LogP contribution in [0.4, 0.5) is 11.4 Å². The molecule has 0 saturated carbocycles. The van der Waals surface area contributed by atoms with Crippen molar-refractivity contribution < 1.29 is 9.21 Å². The van der Waals surface area contributed by atoms with Gasteiger partial charge < -0.3 is 19.5 Å². The van der Waals surface area contributed by atoms with Crippen molar-refractivity contribution >= 4 is 28.9 Å². The molecule has 3 heterocycles. The highest BCUT2D eigenvalue weighted by atomic mass is 35.5. The number of carbonyl (C=O) groups excluding carboxylic acids is 1. The van der Waals surface area contributed by atoms with Gasteiger partial charge >= 0.3 is 0 Å². The van der Waals surface area contributed by atoms with Gasteiger partial charge in [-0.3, -0.25) is 4.79 Å². The van der Waals surface area contributed by atoms with Crippen molar-refractivity contribution in [2.24, 2.45) is 0 Å². The van der Waals surface area contributed by atoms with E-state index in [0.717, 1.165) is 43.2 Å². The molecule has 33 heavy (non-hydrogen) atoms. The maximum absolute atomic E-state index is 13.3. The van der Waals surface area contributed by atoms with Gasteiger partial charge in [0, 0.05) is 37.3 Å². The molecule has 8 heteroatoms. The van der Waals surface area contributed by atoms with Gasteiger partial charge in [-0.25, -0.2) is 4.68 Å². The van der Waals surface area contributed by atoms with Crippen molar-refractivity contribution in [3.63, 3.8) is 0 Å². The number of hydrogen-bond acceptors (Lipinski definition) is 5. The van der Waals surface area contributed by atoms with Crippen LogP contribution < -0.4 is 10.2 Å². The molecule has 2 aromatic heterocycles. The van der Waals surface area contributed by atoms with Crippen LogP contribution in [0.3, 0.4) is 0 Å². The third-order valence-electron chi connectivity index (χ3n) is 5.78. The number of nitrogens with zero attached hydrogens (tertiary/aromatic N) is 4. The van der Waals surface area contributed by atoms with Crippen molar-refractivity contribution in [3.05, 3.63) is 83.7 Å². The Balaban J connectivity index is 1.45. The molecule has 1 fully saturated rings. The molecule has 0 unspecified atom stereocenters. The van der Waals surface area contributed by atoms with Crippen LogP contribution in [0, 0.1) is 0 Å². The SMILES string of the molecule is CN1CCN(c2ccccc2NC(=O)c2cc(-c3ccco3)n(-c3ccc(Cl)cc3)n2)CC1. The monoisotopic (exact) mass is 461 g/mol. The number of anilines is 2. The molecule has 5 rings (SSSR count). The zero-order valence-electron chi connectivity index (χ0n) is 18.2. The first kappa shape index (κ1) is 21.3. The fraction of sp³-hybridized carbons (Fsp3) is 0.200. The van der Waals surface area contributed by atoms with Gasteiger partial charge in [0.15, 0.2) is 11.5 Å². The Bertz CT molecular complexity index is 1240. The van der Waals surface area contributed by atoms with E-state index in [1.807, 2.05) is 42.5 Å². The normalized spacial score (nSPS) is 14.4. The molecule has 0 radical (unpaired) electrons. The number of likely N-dealkylation sites (N-methyl/N-ethyl adjacent to an activating group) is 1. The number of rotatable bonds is 5. The van der Waals surface area contributed by atoms with E-state index in [2.05, 4.69) is 27.3 Å². The highest BCUT2D eigenvalue weighted by molar-refractivity contribution is 6.30. The van der Waals surface area contributed by atoms with E-state index in [4.69, 9.17) is 16.0 Å². The minimum atomic E-state index is -0.280. The van der Waals surface area contributed by atoms with E-state index in [1.165, 1.54) is 0 Å². The highest BCUT2D eigenvalue weighted by Crippen LogP contribution is 2.29. The summed E-state index contributed by atoms with van der Waals surface area (Å²) >= 11 is 6.05. The Morgan fingerprint density at radius 3 is 2.48 bits per heavy atom. The number of benzene rings is 2. The number of carbonyl (C=O) groups is 1. The molecule has 1 saturated heterocycles. The number of hydrogen-bond donors (Lipinski definition) is 1. The lowest BCUT2D eigenvalue weighted by Gasteiger charge is -2.35. The van der Waals surface area contributed by atoms with Crippen LogP contribution in [0.2, 0.25) is 5.02 Å². The zero-order chi connectivity index (χ0) is 22.8. The van der Waals surface area contributed by atoms with Crippen molar-refractivity contribution in [1.29, 1.82) is 0 Å². The van der Waals surface area contributed by atoms with Gasteiger partial charge in [-0.05, 0) is 55.6 Å². The first-order chi connectivity index (χ1) is 16.1. The Labute approximate surface area is 197 Å². The number of furan rings is 1. The molecule has 168 valence electrons. The van der Waals surface area contributed by atoms with Crippen LogP contribution >= 0.6 is 11.6 Å². The highest BCUT2D eigenvalue weighted by Gasteiger charge is 2.21.